The van der Waals surface area contributed by atoms with E-state index in [0.717, 1.165) is 0 Å². The lowest BCUT2D eigenvalue weighted by molar-refractivity contribution is -0.118. The van der Waals surface area contributed by atoms with E-state index in [9.17, 15) is 13.6 Å². The fraction of sp³-hybridized carbons (Fsp3) is 0.150. The molecule has 5 nitrogen and oxygen atoms in total. The summed E-state index contributed by atoms with van der Waals surface area (Å²) in [6.07, 6.45) is 3.57. The van der Waals surface area contributed by atoms with Crippen LogP contribution in [0.4, 0.5) is 13.9 Å². The molecule has 142 valence electrons. The SMILES string of the molecule is O=C(Cc1ccc(F)cc1)N(CCn1cccn1)c1nc2c(F)cccc2s1. The first kappa shape index (κ1) is 18.2. The molecule has 2 heterocycles. The van der Waals surface area contributed by atoms with Gasteiger partial charge < -0.3 is 0 Å². The van der Waals surface area contributed by atoms with E-state index < -0.39 is 5.82 Å². The van der Waals surface area contributed by atoms with Gasteiger partial charge in [0, 0.05) is 18.9 Å². The molecule has 0 N–H and O–H groups in total. The number of aromatic nitrogens is 3. The second-order valence-electron chi connectivity index (χ2n) is 6.20. The number of halogens is 2. The van der Waals surface area contributed by atoms with E-state index in [4.69, 9.17) is 0 Å². The van der Waals surface area contributed by atoms with Gasteiger partial charge in [0.1, 0.15) is 17.2 Å². The molecule has 0 atom stereocenters. The predicted octanol–water partition coefficient (Wildman–Crippen LogP) is 4.05. The van der Waals surface area contributed by atoms with E-state index in [1.807, 2.05) is 0 Å². The Morgan fingerprint density at radius 2 is 1.93 bits per heavy atom. The van der Waals surface area contributed by atoms with Crippen molar-refractivity contribution >= 4 is 32.6 Å². The monoisotopic (exact) mass is 398 g/mol. The van der Waals surface area contributed by atoms with Gasteiger partial charge in [-0.2, -0.15) is 5.10 Å². The number of benzene rings is 2. The second kappa shape index (κ2) is 7.85. The Kier molecular flexibility index (Phi) is 5.12. The van der Waals surface area contributed by atoms with Gasteiger partial charge in [-0.25, -0.2) is 13.8 Å². The number of thiazole rings is 1. The van der Waals surface area contributed by atoms with Gasteiger partial charge >= 0.3 is 0 Å². The average Bonchev–Trinajstić information content (AvgIpc) is 3.34. The lowest BCUT2D eigenvalue weighted by Gasteiger charge is -2.20. The first-order chi connectivity index (χ1) is 13.6. The van der Waals surface area contributed by atoms with Crippen LogP contribution in [-0.4, -0.2) is 27.2 Å². The van der Waals surface area contributed by atoms with Gasteiger partial charge in [0.05, 0.1) is 17.7 Å². The van der Waals surface area contributed by atoms with E-state index in [0.29, 0.717) is 28.5 Å². The Morgan fingerprint density at radius 3 is 2.64 bits per heavy atom. The highest BCUT2D eigenvalue weighted by Crippen LogP contribution is 2.30. The Balaban J connectivity index is 1.62. The van der Waals surface area contributed by atoms with Crippen LogP contribution in [-0.2, 0) is 17.8 Å². The number of hydrogen-bond acceptors (Lipinski definition) is 4. The van der Waals surface area contributed by atoms with Gasteiger partial charge in [0.25, 0.3) is 0 Å². The highest BCUT2D eigenvalue weighted by atomic mass is 32.1. The quantitative estimate of drug-likeness (QED) is 0.492. The van der Waals surface area contributed by atoms with Crippen LogP contribution >= 0.6 is 11.3 Å². The summed E-state index contributed by atoms with van der Waals surface area (Å²) in [5.41, 5.74) is 0.948. The van der Waals surface area contributed by atoms with Crippen LogP contribution < -0.4 is 4.90 Å². The fourth-order valence-electron chi connectivity index (χ4n) is 2.85. The van der Waals surface area contributed by atoms with Crippen molar-refractivity contribution in [2.45, 2.75) is 13.0 Å². The van der Waals surface area contributed by atoms with Crippen LogP contribution in [0.3, 0.4) is 0 Å². The maximum Gasteiger partial charge on any atom is 0.233 e. The Hall–Kier alpha value is -3.13. The predicted molar refractivity (Wildman–Crippen MR) is 104 cm³/mol. The number of para-hydroxylation sites is 1. The summed E-state index contributed by atoms with van der Waals surface area (Å²) in [6.45, 7) is 0.809. The largest absolute Gasteiger partial charge is 0.286 e. The molecule has 0 aliphatic rings. The van der Waals surface area contributed by atoms with E-state index >= 15 is 0 Å². The summed E-state index contributed by atoms with van der Waals surface area (Å²) < 4.78 is 29.6. The lowest BCUT2D eigenvalue weighted by atomic mass is 10.1. The average molecular weight is 398 g/mol. The van der Waals surface area contributed by atoms with Gasteiger partial charge in [-0.15, -0.1) is 0 Å². The van der Waals surface area contributed by atoms with Crippen molar-refractivity contribution in [3.05, 3.63) is 78.1 Å². The normalized spacial score (nSPS) is 11.1. The Labute approximate surface area is 163 Å². The summed E-state index contributed by atoms with van der Waals surface area (Å²) in [5.74, 6) is -0.968. The molecule has 0 spiro atoms. The van der Waals surface area contributed by atoms with Crippen LogP contribution in [0, 0.1) is 11.6 Å². The molecule has 2 aromatic carbocycles. The van der Waals surface area contributed by atoms with Crippen molar-refractivity contribution < 1.29 is 13.6 Å². The molecule has 0 saturated heterocycles. The van der Waals surface area contributed by atoms with Gasteiger partial charge in [-0.3, -0.25) is 14.4 Å². The zero-order valence-corrected chi connectivity index (χ0v) is 15.6. The van der Waals surface area contributed by atoms with E-state index in [2.05, 4.69) is 10.1 Å². The minimum atomic E-state index is -0.419. The van der Waals surface area contributed by atoms with Crippen LogP contribution in [0.5, 0.6) is 0 Å². The van der Waals surface area contributed by atoms with Crippen LogP contribution in [0.1, 0.15) is 5.56 Å². The molecule has 0 saturated carbocycles. The Morgan fingerprint density at radius 1 is 1.11 bits per heavy atom. The molecule has 4 aromatic rings. The zero-order valence-electron chi connectivity index (χ0n) is 14.8. The number of carbonyl (C=O) groups excluding carboxylic acids is 1. The molecule has 0 bridgehead atoms. The standard InChI is InChI=1S/C20H16F2N4OS/c21-15-7-5-14(6-8-15)13-18(27)26(12-11-25-10-2-9-23-25)20-24-19-16(22)3-1-4-17(19)28-20/h1-10H,11-13H2. The number of rotatable bonds is 6. The molecule has 1 amide bonds. The summed E-state index contributed by atoms with van der Waals surface area (Å²) in [6, 6.07) is 12.4. The highest BCUT2D eigenvalue weighted by molar-refractivity contribution is 7.22. The number of nitrogens with zero attached hydrogens (tertiary/aromatic N) is 4. The zero-order chi connectivity index (χ0) is 19.5. The molecule has 0 unspecified atom stereocenters. The third-order valence-corrected chi connectivity index (χ3v) is 5.31. The maximum atomic E-state index is 14.0. The lowest BCUT2D eigenvalue weighted by Crippen LogP contribution is -2.35. The van der Waals surface area contributed by atoms with Crippen LogP contribution in [0.25, 0.3) is 10.2 Å². The minimum absolute atomic E-state index is 0.0950. The van der Waals surface area contributed by atoms with Crippen molar-refractivity contribution in [3.8, 4) is 0 Å². The number of amides is 1. The smallest absolute Gasteiger partial charge is 0.233 e. The number of fused-ring (bicyclic) bond motifs is 1. The molecule has 28 heavy (non-hydrogen) atoms. The first-order valence-electron chi connectivity index (χ1n) is 8.67. The third-order valence-electron chi connectivity index (χ3n) is 4.27. The Bertz CT molecular complexity index is 1090. The maximum absolute atomic E-state index is 14.0. The van der Waals surface area contributed by atoms with Crippen LogP contribution in [0.2, 0.25) is 0 Å². The molecule has 0 aliphatic heterocycles. The van der Waals surface area contributed by atoms with E-state index in [-0.39, 0.29) is 23.7 Å². The second-order valence-corrected chi connectivity index (χ2v) is 7.21. The fourth-order valence-corrected chi connectivity index (χ4v) is 3.88. The van der Waals surface area contributed by atoms with Gasteiger partial charge in [-0.05, 0) is 35.9 Å². The highest BCUT2D eigenvalue weighted by Gasteiger charge is 2.21. The van der Waals surface area contributed by atoms with E-state index in [1.165, 1.54) is 34.4 Å². The topological polar surface area (TPSA) is 51.0 Å². The molecule has 0 radical (unpaired) electrons. The molecular weight excluding hydrogens is 382 g/mol. The molecular formula is C20H16F2N4OS. The van der Waals surface area contributed by atoms with E-state index in [1.54, 1.807) is 47.4 Å². The number of hydrogen-bond donors (Lipinski definition) is 0. The summed E-state index contributed by atoms with van der Waals surface area (Å²) >= 11 is 1.26. The first-order valence-corrected chi connectivity index (χ1v) is 9.49. The number of anilines is 1. The minimum Gasteiger partial charge on any atom is -0.286 e. The van der Waals surface area contributed by atoms with Gasteiger partial charge in [0.15, 0.2) is 5.13 Å². The van der Waals surface area contributed by atoms with Crippen molar-refractivity contribution in [1.29, 1.82) is 0 Å². The third kappa shape index (κ3) is 3.91. The summed E-state index contributed by atoms with van der Waals surface area (Å²) in [4.78, 5) is 18.9. The summed E-state index contributed by atoms with van der Waals surface area (Å²) in [7, 11) is 0. The molecule has 4 rings (SSSR count). The molecule has 8 heteroatoms. The molecule has 0 fully saturated rings. The van der Waals surface area contributed by atoms with Crippen LogP contribution in [0.15, 0.2) is 60.9 Å². The van der Waals surface area contributed by atoms with Crippen molar-refractivity contribution in [2.24, 2.45) is 0 Å². The summed E-state index contributed by atoms with van der Waals surface area (Å²) in [5, 5.41) is 4.58. The van der Waals surface area contributed by atoms with Crippen molar-refractivity contribution in [3.63, 3.8) is 0 Å². The van der Waals surface area contributed by atoms with Gasteiger partial charge in [0.2, 0.25) is 5.91 Å². The molecule has 0 aliphatic carbocycles. The van der Waals surface area contributed by atoms with Crippen molar-refractivity contribution in [1.82, 2.24) is 14.8 Å². The number of carbonyl (C=O) groups is 1. The van der Waals surface area contributed by atoms with Crippen molar-refractivity contribution in [2.75, 3.05) is 11.4 Å². The molecule has 2 aromatic heterocycles. The van der Waals surface area contributed by atoms with Gasteiger partial charge in [-0.1, -0.05) is 29.5 Å².